The molecule has 2 fully saturated rings. The second kappa shape index (κ2) is 8.31. The van der Waals surface area contributed by atoms with Crippen LogP contribution < -0.4 is 5.32 Å². The average Bonchev–Trinajstić information content (AvgIpc) is 2.68. The quantitative estimate of drug-likeness (QED) is 0.884. The summed E-state index contributed by atoms with van der Waals surface area (Å²) in [5, 5.41) is 2.68. The fraction of sp³-hybridized carbons (Fsp3) is 0.526. The summed E-state index contributed by atoms with van der Waals surface area (Å²) in [5.74, 6) is 0.0204. The van der Waals surface area contributed by atoms with Gasteiger partial charge in [0.15, 0.2) is 0 Å². The fourth-order valence-corrected chi connectivity index (χ4v) is 3.45. The summed E-state index contributed by atoms with van der Waals surface area (Å²) >= 11 is 0. The van der Waals surface area contributed by atoms with E-state index in [1.54, 1.807) is 29.2 Å². The molecular formula is C19H25N3O4. The van der Waals surface area contributed by atoms with Crippen LogP contribution in [0, 0.1) is 5.92 Å². The highest BCUT2D eigenvalue weighted by atomic mass is 16.5. The summed E-state index contributed by atoms with van der Waals surface area (Å²) in [5.41, 5.74) is 1.26. The number of hydrogen-bond acceptors (Lipinski definition) is 4. The van der Waals surface area contributed by atoms with Gasteiger partial charge in [-0.25, -0.2) is 0 Å². The molecule has 2 aliphatic rings. The first kappa shape index (κ1) is 18.4. The minimum atomic E-state index is -0.143. The molecule has 2 aliphatic heterocycles. The molecule has 3 rings (SSSR count). The minimum Gasteiger partial charge on any atom is -0.378 e. The Morgan fingerprint density at radius 1 is 0.962 bits per heavy atom. The van der Waals surface area contributed by atoms with E-state index in [1.165, 1.54) is 6.92 Å². The van der Waals surface area contributed by atoms with Crippen molar-refractivity contribution in [2.24, 2.45) is 5.92 Å². The molecule has 1 aromatic carbocycles. The number of nitrogens with one attached hydrogen (secondary N) is 1. The van der Waals surface area contributed by atoms with Gasteiger partial charge in [-0.05, 0) is 37.1 Å². The highest BCUT2D eigenvalue weighted by Gasteiger charge is 2.31. The lowest BCUT2D eigenvalue weighted by atomic mass is 9.94. The van der Waals surface area contributed by atoms with E-state index >= 15 is 0 Å². The van der Waals surface area contributed by atoms with Crippen LogP contribution in [0.25, 0.3) is 0 Å². The predicted molar refractivity (Wildman–Crippen MR) is 96.8 cm³/mol. The predicted octanol–water partition coefficient (Wildman–Crippen LogP) is 1.36. The molecule has 7 heteroatoms. The average molecular weight is 359 g/mol. The zero-order chi connectivity index (χ0) is 18.5. The molecular weight excluding hydrogens is 334 g/mol. The Hall–Kier alpha value is -2.41. The SMILES string of the molecule is CC(=O)Nc1ccc(C(=O)N2CCC(C(=O)N3CCOCC3)CC2)cc1. The lowest BCUT2D eigenvalue weighted by molar-refractivity contribution is -0.141. The number of ether oxygens (including phenoxy) is 1. The Morgan fingerprint density at radius 2 is 1.58 bits per heavy atom. The minimum absolute atomic E-state index is 0.000655. The summed E-state index contributed by atoms with van der Waals surface area (Å²) in [4.78, 5) is 39.9. The molecule has 2 saturated heterocycles. The first-order valence-corrected chi connectivity index (χ1v) is 9.08. The Bertz CT molecular complexity index is 660. The van der Waals surface area contributed by atoms with Crippen molar-refractivity contribution in [1.29, 1.82) is 0 Å². The molecule has 140 valence electrons. The van der Waals surface area contributed by atoms with Gasteiger partial charge < -0.3 is 19.9 Å². The zero-order valence-corrected chi connectivity index (χ0v) is 15.1. The standard InChI is InChI=1S/C19H25N3O4/c1-14(23)20-17-4-2-15(3-5-17)18(24)21-8-6-16(7-9-21)19(25)22-10-12-26-13-11-22/h2-5,16H,6-13H2,1H3,(H,20,23). The van der Waals surface area contributed by atoms with Gasteiger partial charge in [0.05, 0.1) is 13.2 Å². The second-order valence-electron chi connectivity index (χ2n) is 6.76. The van der Waals surface area contributed by atoms with Crippen LogP contribution in [0.15, 0.2) is 24.3 Å². The number of carbonyl (C=O) groups is 3. The highest BCUT2D eigenvalue weighted by molar-refractivity contribution is 5.95. The van der Waals surface area contributed by atoms with Gasteiger partial charge in [-0.15, -0.1) is 0 Å². The summed E-state index contributed by atoms with van der Waals surface area (Å²) in [6.45, 7) is 5.17. The number of piperidine rings is 1. The van der Waals surface area contributed by atoms with Crippen LogP contribution in [0.5, 0.6) is 0 Å². The molecule has 1 N–H and O–H groups in total. The van der Waals surface area contributed by atoms with E-state index in [9.17, 15) is 14.4 Å². The van der Waals surface area contributed by atoms with Gasteiger partial charge in [-0.1, -0.05) is 0 Å². The smallest absolute Gasteiger partial charge is 0.253 e. The van der Waals surface area contributed by atoms with Crippen LogP contribution in [-0.2, 0) is 14.3 Å². The van der Waals surface area contributed by atoms with Gasteiger partial charge in [0.1, 0.15) is 0 Å². The normalized spacial score (nSPS) is 18.5. The van der Waals surface area contributed by atoms with Crippen molar-refractivity contribution in [3.8, 4) is 0 Å². The van der Waals surface area contributed by atoms with Gasteiger partial charge in [-0.3, -0.25) is 14.4 Å². The maximum absolute atomic E-state index is 12.6. The van der Waals surface area contributed by atoms with Crippen molar-refractivity contribution in [3.05, 3.63) is 29.8 Å². The third kappa shape index (κ3) is 4.40. The number of carbonyl (C=O) groups excluding carboxylic acids is 3. The molecule has 0 bridgehead atoms. The van der Waals surface area contributed by atoms with Crippen molar-refractivity contribution in [2.45, 2.75) is 19.8 Å². The van der Waals surface area contributed by atoms with E-state index in [2.05, 4.69) is 5.32 Å². The van der Waals surface area contributed by atoms with E-state index in [-0.39, 0.29) is 23.6 Å². The van der Waals surface area contributed by atoms with Crippen LogP contribution in [0.2, 0.25) is 0 Å². The molecule has 26 heavy (non-hydrogen) atoms. The van der Waals surface area contributed by atoms with Crippen molar-refractivity contribution in [2.75, 3.05) is 44.7 Å². The number of benzene rings is 1. The second-order valence-corrected chi connectivity index (χ2v) is 6.76. The number of likely N-dealkylation sites (tertiary alicyclic amines) is 1. The number of rotatable bonds is 3. The molecule has 0 spiro atoms. The number of nitrogens with zero attached hydrogens (tertiary/aromatic N) is 2. The lowest BCUT2D eigenvalue weighted by Crippen LogP contribution is -2.47. The first-order chi connectivity index (χ1) is 12.5. The van der Waals surface area contributed by atoms with Crippen LogP contribution >= 0.6 is 0 Å². The molecule has 2 heterocycles. The van der Waals surface area contributed by atoms with Crippen LogP contribution in [0.4, 0.5) is 5.69 Å². The van der Waals surface area contributed by atoms with Gasteiger partial charge >= 0.3 is 0 Å². The fourth-order valence-electron chi connectivity index (χ4n) is 3.45. The van der Waals surface area contributed by atoms with E-state index in [1.807, 2.05) is 4.90 Å². The third-order valence-corrected chi connectivity index (χ3v) is 4.91. The Morgan fingerprint density at radius 3 is 2.15 bits per heavy atom. The number of hydrogen-bond donors (Lipinski definition) is 1. The summed E-state index contributed by atoms with van der Waals surface area (Å²) in [7, 11) is 0. The summed E-state index contributed by atoms with van der Waals surface area (Å²) in [6.07, 6.45) is 1.40. The van der Waals surface area contributed by atoms with Crippen molar-refractivity contribution in [3.63, 3.8) is 0 Å². The van der Waals surface area contributed by atoms with Crippen molar-refractivity contribution >= 4 is 23.4 Å². The molecule has 7 nitrogen and oxygen atoms in total. The van der Waals surface area contributed by atoms with Crippen LogP contribution in [-0.4, -0.2) is 66.9 Å². The van der Waals surface area contributed by atoms with Crippen LogP contribution in [0.3, 0.4) is 0 Å². The van der Waals surface area contributed by atoms with E-state index in [0.29, 0.717) is 63.5 Å². The van der Waals surface area contributed by atoms with E-state index in [0.717, 1.165) is 0 Å². The van der Waals surface area contributed by atoms with Crippen molar-refractivity contribution < 1.29 is 19.1 Å². The molecule has 0 saturated carbocycles. The molecule has 0 aliphatic carbocycles. The van der Waals surface area contributed by atoms with Gasteiger partial charge in [0.25, 0.3) is 5.91 Å². The molecule has 3 amide bonds. The van der Waals surface area contributed by atoms with Gasteiger partial charge in [0, 0.05) is 50.3 Å². The Kier molecular flexibility index (Phi) is 5.88. The number of anilines is 1. The molecule has 1 aromatic rings. The third-order valence-electron chi connectivity index (χ3n) is 4.91. The Balaban J connectivity index is 1.53. The van der Waals surface area contributed by atoms with E-state index in [4.69, 9.17) is 4.74 Å². The number of amides is 3. The molecule has 0 radical (unpaired) electrons. The molecule has 0 aromatic heterocycles. The zero-order valence-electron chi connectivity index (χ0n) is 15.1. The van der Waals surface area contributed by atoms with Crippen molar-refractivity contribution in [1.82, 2.24) is 9.80 Å². The maximum Gasteiger partial charge on any atom is 0.253 e. The largest absolute Gasteiger partial charge is 0.378 e. The lowest BCUT2D eigenvalue weighted by Gasteiger charge is -2.35. The summed E-state index contributed by atoms with van der Waals surface area (Å²) < 4.78 is 5.29. The molecule has 0 atom stereocenters. The molecule has 0 unspecified atom stereocenters. The van der Waals surface area contributed by atoms with E-state index < -0.39 is 0 Å². The van der Waals surface area contributed by atoms with Gasteiger partial charge in [0.2, 0.25) is 11.8 Å². The monoisotopic (exact) mass is 359 g/mol. The summed E-state index contributed by atoms with van der Waals surface area (Å²) in [6, 6.07) is 6.89. The number of morpholine rings is 1. The first-order valence-electron chi connectivity index (χ1n) is 9.08. The topological polar surface area (TPSA) is 79.0 Å². The van der Waals surface area contributed by atoms with Gasteiger partial charge in [-0.2, -0.15) is 0 Å². The highest BCUT2D eigenvalue weighted by Crippen LogP contribution is 2.22. The Labute approximate surface area is 153 Å². The maximum atomic E-state index is 12.6. The van der Waals surface area contributed by atoms with Crippen LogP contribution in [0.1, 0.15) is 30.1 Å².